The number of para-hydroxylation sites is 1. The highest BCUT2D eigenvalue weighted by Gasteiger charge is 2.25. The fourth-order valence-corrected chi connectivity index (χ4v) is 1.54. The lowest BCUT2D eigenvalue weighted by Crippen LogP contribution is -2.32. The van der Waals surface area contributed by atoms with Crippen molar-refractivity contribution in [3.63, 3.8) is 0 Å². The van der Waals surface area contributed by atoms with Gasteiger partial charge in [-0.1, -0.05) is 12.1 Å². The van der Waals surface area contributed by atoms with Gasteiger partial charge in [-0.05, 0) is 12.5 Å². The standard InChI is InChI=1S/C11H12N2O6/c1-6-3-2-4-8(13(18)19)10(6)12-7(11(16)17)5-9(14)15/h2-4,7,12H,5H2,1H3,(H,14,15)(H,16,17). The van der Waals surface area contributed by atoms with E-state index in [0.717, 1.165) is 0 Å². The second-order valence-electron chi connectivity index (χ2n) is 3.86. The highest BCUT2D eigenvalue weighted by Crippen LogP contribution is 2.28. The third-order valence-corrected chi connectivity index (χ3v) is 2.44. The molecule has 0 aliphatic heterocycles. The van der Waals surface area contributed by atoms with Crippen molar-refractivity contribution in [2.45, 2.75) is 19.4 Å². The lowest BCUT2D eigenvalue weighted by Gasteiger charge is -2.15. The number of rotatable bonds is 6. The molecule has 1 aromatic rings. The Morgan fingerprint density at radius 3 is 2.53 bits per heavy atom. The molecule has 1 unspecified atom stereocenters. The van der Waals surface area contributed by atoms with Crippen molar-refractivity contribution in [2.75, 3.05) is 5.32 Å². The molecule has 0 aliphatic rings. The first-order valence-corrected chi connectivity index (χ1v) is 5.28. The van der Waals surface area contributed by atoms with E-state index in [2.05, 4.69) is 5.32 Å². The summed E-state index contributed by atoms with van der Waals surface area (Å²) < 4.78 is 0. The fourth-order valence-electron chi connectivity index (χ4n) is 1.54. The number of carboxylic acids is 2. The number of carbonyl (C=O) groups is 2. The minimum absolute atomic E-state index is 0.0150. The Balaban J connectivity index is 3.11. The van der Waals surface area contributed by atoms with Gasteiger partial charge in [-0.2, -0.15) is 0 Å². The van der Waals surface area contributed by atoms with Crippen molar-refractivity contribution in [1.82, 2.24) is 0 Å². The monoisotopic (exact) mass is 268 g/mol. The summed E-state index contributed by atoms with van der Waals surface area (Å²) in [5.74, 6) is -2.70. The average molecular weight is 268 g/mol. The van der Waals surface area contributed by atoms with Gasteiger partial charge in [-0.15, -0.1) is 0 Å². The van der Waals surface area contributed by atoms with Crippen LogP contribution in [0.25, 0.3) is 0 Å². The molecule has 0 aromatic heterocycles. The Bertz CT molecular complexity index is 528. The predicted octanol–water partition coefficient (Wildman–Crippen LogP) is 1.24. The molecule has 8 heteroatoms. The molecule has 0 bridgehead atoms. The third-order valence-electron chi connectivity index (χ3n) is 2.44. The smallest absolute Gasteiger partial charge is 0.326 e. The molecular formula is C11H12N2O6. The molecule has 3 N–H and O–H groups in total. The zero-order valence-electron chi connectivity index (χ0n) is 9.99. The second-order valence-corrected chi connectivity index (χ2v) is 3.86. The van der Waals surface area contributed by atoms with E-state index in [-0.39, 0.29) is 11.4 Å². The van der Waals surface area contributed by atoms with Gasteiger partial charge in [0.1, 0.15) is 11.7 Å². The summed E-state index contributed by atoms with van der Waals surface area (Å²) in [4.78, 5) is 31.7. The van der Waals surface area contributed by atoms with Crippen LogP contribution in [0.3, 0.4) is 0 Å². The lowest BCUT2D eigenvalue weighted by atomic mass is 10.1. The molecular weight excluding hydrogens is 256 g/mol. The Labute approximate surface area is 107 Å². The highest BCUT2D eigenvalue weighted by molar-refractivity contribution is 5.84. The van der Waals surface area contributed by atoms with Gasteiger partial charge in [0.05, 0.1) is 11.3 Å². The maximum Gasteiger partial charge on any atom is 0.326 e. The van der Waals surface area contributed by atoms with Gasteiger partial charge in [0.15, 0.2) is 0 Å². The van der Waals surface area contributed by atoms with E-state index in [1.807, 2.05) is 0 Å². The third kappa shape index (κ3) is 3.66. The lowest BCUT2D eigenvalue weighted by molar-refractivity contribution is -0.384. The van der Waals surface area contributed by atoms with Crippen LogP contribution in [0.4, 0.5) is 11.4 Å². The summed E-state index contributed by atoms with van der Waals surface area (Å²) in [6, 6.07) is 2.81. The zero-order valence-corrected chi connectivity index (χ0v) is 9.99. The van der Waals surface area contributed by atoms with Crippen molar-refractivity contribution in [3.8, 4) is 0 Å². The summed E-state index contributed by atoms with van der Waals surface area (Å²) in [7, 11) is 0. The molecule has 102 valence electrons. The predicted molar refractivity (Wildman–Crippen MR) is 65.1 cm³/mol. The SMILES string of the molecule is Cc1cccc([N+](=O)[O-])c1NC(CC(=O)O)C(=O)O. The van der Waals surface area contributed by atoms with Crippen LogP contribution in [0, 0.1) is 17.0 Å². The molecule has 1 aromatic carbocycles. The van der Waals surface area contributed by atoms with Gasteiger partial charge in [0.2, 0.25) is 0 Å². The van der Waals surface area contributed by atoms with Crippen LogP contribution in [0.2, 0.25) is 0 Å². The first kappa shape index (κ1) is 14.4. The first-order chi connectivity index (χ1) is 8.82. The minimum atomic E-state index is -1.43. The molecule has 8 nitrogen and oxygen atoms in total. The second kappa shape index (κ2) is 5.80. The number of benzene rings is 1. The molecule has 1 atom stereocenters. The highest BCUT2D eigenvalue weighted by atomic mass is 16.6. The average Bonchev–Trinajstić information content (AvgIpc) is 2.29. The first-order valence-electron chi connectivity index (χ1n) is 5.28. The van der Waals surface area contributed by atoms with E-state index in [9.17, 15) is 19.7 Å². The van der Waals surface area contributed by atoms with Gasteiger partial charge >= 0.3 is 11.9 Å². The molecule has 19 heavy (non-hydrogen) atoms. The number of aliphatic carboxylic acids is 2. The van der Waals surface area contributed by atoms with Crippen LogP contribution in [-0.2, 0) is 9.59 Å². The van der Waals surface area contributed by atoms with E-state index in [1.165, 1.54) is 12.1 Å². The number of hydrogen-bond donors (Lipinski definition) is 3. The quantitative estimate of drug-likeness (QED) is 0.522. The molecule has 0 fully saturated rings. The molecule has 0 heterocycles. The Kier molecular flexibility index (Phi) is 4.41. The van der Waals surface area contributed by atoms with Crippen molar-refractivity contribution in [1.29, 1.82) is 0 Å². The Morgan fingerprint density at radius 1 is 1.42 bits per heavy atom. The summed E-state index contributed by atoms with van der Waals surface area (Å²) in [6.07, 6.45) is -0.680. The molecule has 0 spiro atoms. The maximum absolute atomic E-state index is 10.9. The van der Waals surface area contributed by atoms with Gasteiger partial charge in [-0.25, -0.2) is 4.79 Å². The van der Waals surface area contributed by atoms with Crippen LogP contribution in [0.15, 0.2) is 18.2 Å². The van der Waals surface area contributed by atoms with Crippen LogP contribution in [-0.4, -0.2) is 33.1 Å². The van der Waals surface area contributed by atoms with Crippen LogP contribution in [0.1, 0.15) is 12.0 Å². The maximum atomic E-state index is 10.9. The van der Waals surface area contributed by atoms with E-state index < -0.39 is 29.3 Å². The van der Waals surface area contributed by atoms with Crippen LogP contribution in [0.5, 0.6) is 0 Å². The summed E-state index contributed by atoms with van der Waals surface area (Å²) in [5.41, 5.74) is 0.184. The molecule has 0 saturated carbocycles. The number of nitro benzene ring substituents is 1. The van der Waals surface area contributed by atoms with Gasteiger partial charge in [-0.3, -0.25) is 14.9 Å². The Morgan fingerprint density at radius 2 is 2.05 bits per heavy atom. The summed E-state index contributed by atoms with van der Waals surface area (Å²) >= 11 is 0. The number of hydrogen-bond acceptors (Lipinski definition) is 5. The summed E-state index contributed by atoms with van der Waals surface area (Å²) in [6.45, 7) is 1.56. The van der Waals surface area contributed by atoms with Gasteiger partial charge in [0.25, 0.3) is 5.69 Å². The normalized spacial score (nSPS) is 11.6. The zero-order chi connectivity index (χ0) is 14.6. The molecule has 0 saturated heterocycles. The minimum Gasteiger partial charge on any atom is -0.481 e. The number of nitrogens with one attached hydrogen (secondary N) is 1. The Hall–Kier alpha value is -2.64. The summed E-state index contributed by atoms with van der Waals surface area (Å²) in [5, 5.41) is 30.8. The van der Waals surface area contributed by atoms with Gasteiger partial charge < -0.3 is 15.5 Å². The van der Waals surface area contributed by atoms with Crippen LogP contribution >= 0.6 is 0 Å². The van der Waals surface area contributed by atoms with E-state index in [0.29, 0.717) is 5.56 Å². The van der Waals surface area contributed by atoms with E-state index >= 15 is 0 Å². The van der Waals surface area contributed by atoms with Crippen molar-refractivity contribution < 1.29 is 24.7 Å². The number of aryl methyl sites for hydroxylation is 1. The molecule has 0 amide bonds. The number of nitro groups is 1. The molecule has 1 rings (SSSR count). The molecule has 0 aliphatic carbocycles. The van der Waals surface area contributed by atoms with Crippen molar-refractivity contribution in [3.05, 3.63) is 33.9 Å². The number of anilines is 1. The van der Waals surface area contributed by atoms with E-state index in [4.69, 9.17) is 10.2 Å². The molecule has 0 radical (unpaired) electrons. The van der Waals surface area contributed by atoms with Crippen LogP contribution < -0.4 is 5.32 Å². The largest absolute Gasteiger partial charge is 0.481 e. The number of nitrogens with zero attached hydrogens (tertiary/aromatic N) is 1. The van der Waals surface area contributed by atoms with E-state index in [1.54, 1.807) is 13.0 Å². The number of carboxylic acid groups (broad SMARTS) is 2. The van der Waals surface area contributed by atoms with Gasteiger partial charge in [0, 0.05) is 6.07 Å². The van der Waals surface area contributed by atoms with Crippen molar-refractivity contribution >= 4 is 23.3 Å². The fraction of sp³-hybridized carbons (Fsp3) is 0.273. The van der Waals surface area contributed by atoms with Crippen molar-refractivity contribution in [2.24, 2.45) is 0 Å². The topological polar surface area (TPSA) is 130 Å².